The average Bonchev–Trinajstić information content (AvgIpc) is 2.53. The molecule has 1 fully saturated rings. The summed E-state index contributed by atoms with van der Waals surface area (Å²) in [5.41, 5.74) is 0.809. The van der Waals surface area contributed by atoms with Gasteiger partial charge in [0.2, 0.25) is 11.8 Å². The van der Waals surface area contributed by atoms with Crippen LogP contribution in [0.5, 0.6) is 0 Å². The van der Waals surface area contributed by atoms with Gasteiger partial charge in [0.15, 0.2) is 0 Å². The molecule has 1 unspecified atom stereocenters. The van der Waals surface area contributed by atoms with Crippen molar-refractivity contribution in [1.82, 2.24) is 4.90 Å². The zero-order valence-corrected chi connectivity index (χ0v) is 15.0. The van der Waals surface area contributed by atoms with E-state index in [1.165, 1.54) is 0 Å². The third kappa shape index (κ3) is 5.90. The molecule has 1 aromatic rings. The lowest BCUT2D eigenvalue weighted by Crippen LogP contribution is -2.44. The van der Waals surface area contributed by atoms with Crippen LogP contribution in [0.2, 0.25) is 0 Å². The van der Waals surface area contributed by atoms with E-state index in [9.17, 15) is 9.59 Å². The number of rotatable bonds is 4. The van der Waals surface area contributed by atoms with E-state index in [4.69, 9.17) is 0 Å². The minimum Gasteiger partial charge on any atom is -0.341 e. The van der Waals surface area contributed by atoms with Crippen molar-refractivity contribution in [3.05, 3.63) is 30.3 Å². The number of nitrogens with zero attached hydrogens (tertiary/aromatic N) is 1. The predicted molar refractivity (Wildman–Crippen MR) is 96.6 cm³/mol. The van der Waals surface area contributed by atoms with Gasteiger partial charge >= 0.3 is 0 Å². The number of hydrogen-bond donors (Lipinski definition) is 1. The Bertz CT molecular complexity index is 540. The molecule has 0 radical (unpaired) electrons. The number of para-hydroxylation sites is 1. The zero-order valence-electron chi connectivity index (χ0n) is 14.2. The summed E-state index contributed by atoms with van der Waals surface area (Å²) >= 11 is 1.66. The zero-order chi connectivity index (χ0) is 16.9. The van der Waals surface area contributed by atoms with Crippen LogP contribution >= 0.6 is 11.8 Å². The van der Waals surface area contributed by atoms with Crippen LogP contribution in [0.1, 0.15) is 33.6 Å². The van der Waals surface area contributed by atoms with Gasteiger partial charge in [-0.2, -0.15) is 0 Å². The van der Waals surface area contributed by atoms with Gasteiger partial charge in [0.1, 0.15) is 0 Å². The molecule has 2 rings (SSSR count). The van der Waals surface area contributed by atoms with Crippen LogP contribution in [-0.2, 0) is 9.59 Å². The topological polar surface area (TPSA) is 49.4 Å². The third-order valence-electron chi connectivity index (χ3n) is 3.81. The molecule has 1 atom stereocenters. The van der Waals surface area contributed by atoms with Crippen LogP contribution in [0.3, 0.4) is 0 Å². The molecule has 1 aliphatic rings. The van der Waals surface area contributed by atoms with E-state index in [2.05, 4.69) is 26.1 Å². The highest BCUT2D eigenvalue weighted by molar-refractivity contribution is 8.01. The van der Waals surface area contributed by atoms with Crippen LogP contribution in [0.25, 0.3) is 0 Å². The smallest absolute Gasteiger partial charge is 0.232 e. The van der Waals surface area contributed by atoms with Gasteiger partial charge in [0.05, 0.1) is 11.7 Å². The van der Waals surface area contributed by atoms with E-state index < -0.39 is 0 Å². The van der Waals surface area contributed by atoms with Crippen molar-refractivity contribution in [2.24, 2.45) is 5.92 Å². The third-order valence-corrected chi connectivity index (χ3v) is 5.07. The summed E-state index contributed by atoms with van der Waals surface area (Å²) in [7, 11) is 0. The van der Waals surface area contributed by atoms with Crippen LogP contribution in [0, 0.1) is 5.92 Å². The highest BCUT2D eigenvalue weighted by Crippen LogP contribution is 2.25. The van der Waals surface area contributed by atoms with Gasteiger partial charge in [0, 0.05) is 23.5 Å². The van der Waals surface area contributed by atoms with Crippen LogP contribution < -0.4 is 5.32 Å². The average molecular weight is 334 g/mol. The fourth-order valence-electron chi connectivity index (χ4n) is 2.55. The molecular formula is C18H26N2O2S. The van der Waals surface area contributed by atoms with Gasteiger partial charge in [-0.25, -0.2) is 0 Å². The van der Waals surface area contributed by atoms with Crippen LogP contribution in [-0.4, -0.2) is 40.3 Å². The summed E-state index contributed by atoms with van der Waals surface area (Å²) in [6, 6.07) is 9.48. The molecule has 4 nitrogen and oxygen atoms in total. The van der Waals surface area contributed by atoms with Gasteiger partial charge in [-0.3, -0.25) is 9.59 Å². The highest BCUT2D eigenvalue weighted by Gasteiger charge is 2.29. The molecule has 126 valence electrons. The minimum absolute atomic E-state index is 0.0113. The maximum absolute atomic E-state index is 12.4. The Kier molecular flexibility index (Phi) is 6.10. The number of amides is 2. The van der Waals surface area contributed by atoms with E-state index >= 15 is 0 Å². The molecule has 0 spiro atoms. The van der Waals surface area contributed by atoms with Crippen molar-refractivity contribution in [1.29, 1.82) is 0 Å². The maximum Gasteiger partial charge on any atom is 0.232 e. The first kappa shape index (κ1) is 17.9. The number of nitrogens with one attached hydrogen (secondary N) is 1. The second kappa shape index (κ2) is 7.86. The van der Waals surface area contributed by atoms with Gasteiger partial charge in [-0.1, -0.05) is 39.0 Å². The van der Waals surface area contributed by atoms with Crippen LogP contribution in [0.4, 0.5) is 5.69 Å². The Morgan fingerprint density at radius 1 is 1.26 bits per heavy atom. The largest absolute Gasteiger partial charge is 0.341 e. The van der Waals surface area contributed by atoms with E-state index in [-0.39, 0.29) is 22.5 Å². The normalized spacial score (nSPS) is 18.6. The Morgan fingerprint density at radius 3 is 2.61 bits per heavy atom. The van der Waals surface area contributed by atoms with Crippen molar-refractivity contribution >= 4 is 29.3 Å². The second-order valence-corrected chi connectivity index (χ2v) is 8.74. The number of carbonyl (C=O) groups excluding carboxylic acids is 2. The van der Waals surface area contributed by atoms with Gasteiger partial charge < -0.3 is 10.2 Å². The molecule has 1 aromatic carbocycles. The molecule has 5 heteroatoms. The molecular weight excluding hydrogens is 308 g/mol. The summed E-state index contributed by atoms with van der Waals surface area (Å²) in [6.07, 6.45) is 1.73. The number of thioether (sulfide) groups is 1. The molecule has 0 aromatic heterocycles. The van der Waals surface area contributed by atoms with Crippen molar-refractivity contribution in [3.63, 3.8) is 0 Å². The molecule has 0 saturated carbocycles. The van der Waals surface area contributed by atoms with Gasteiger partial charge in [0.25, 0.3) is 0 Å². The predicted octanol–water partition coefficient (Wildman–Crippen LogP) is 3.40. The fourth-order valence-corrected chi connectivity index (χ4v) is 3.29. The Labute approximate surface area is 143 Å². The molecule has 0 aliphatic carbocycles. The monoisotopic (exact) mass is 334 g/mol. The number of anilines is 1. The first-order valence-corrected chi connectivity index (χ1v) is 9.11. The molecule has 2 amide bonds. The van der Waals surface area contributed by atoms with E-state index in [1.54, 1.807) is 11.8 Å². The second-order valence-electron chi connectivity index (χ2n) is 6.94. The minimum atomic E-state index is -0.118. The first-order valence-electron chi connectivity index (χ1n) is 8.13. The molecule has 1 aliphatic heterocycles. The van der Waals surface area contributed by atoms with Crippen LogP contribution in [0.15, 0.2) is 30.3 Å². The maximum atomic E-state index is 12.4. The van der Waals surface area contributed by atoms with E-state index in [1.807, 2.05) is 35.2 Å². The number of likely N-dealkylation sites (tertiary alicyclic amines) is 1. The molecule has 1 N–H and O–H groups in total. The molecule has 0 bridgehead atoms. The van der Waals surface area contributed by atoms with Crippen molar-refractivity contribution in [2.45, 2.75) is 38.4 Å². The SMILES string of the molecule is CC(C)(C)SCC(=O)N1CCCC(C(=O)Nc2ccccc2)C1. The lowest BCUT2D eigenvalue weighted by Gasteiger charge is -2.32. The standard InChI is InChI=1S/C18H26N2O2S/c1-18(2,3)23-13-16(21)20-11-7-8-14(12-20)17(22)19-15-9-5-4-6-10-15/h4-6,9-10,14H,7-8,11-13H2,1-3H3,(H,19,22). The fraction of sp³-hybridized carbons (Fsp3) is 0.556. The Morgan fingerprint density at radius 2 is 1.96 bits per heavy atom. The van der Waals surface area contributed by atoms with E-state index in [0.717, 1.165) is 25.1 Å². The number of piperidine rings is 1. The lowest BCUT2D eigenvalue weighted by atomic mass is 9.97. The number of carbonyl (C=O) groups is 2. The van der Waals surface area contributed by atoms with Gasteiger partial charge in [-0.15, -0.1) is 11.8 Å². The lowest BCUT2D eigenvalue weighted by molar-refractivity contribution is -0.132. The quantitative estimate of drug-likeness (QED) is 0.918. The number of benzene rings is 1. The highest BCUT2D eigenvalue weighted by atomic mass is 32.2. The molecule has 23 heavy (non-hydrogen) atoms. The first-order chi connectivity index (χ1) is 10.8. The Hall–Kier alpha value is -1.49. The summed E-state index contributed by atoms with van der Waals surface area (Å²) in [5, 5.41) is 2.95. The molecule has 1 heterocycles. The van der Waals surface area contributed by atoms with Crippen molar-refractivity contribution < 1.29 is 9.59 Å². The summed E-state index contributed by atoms with van der Waals surface area (Å²) in [6.45, 7) is 7.62. The van der Waals surface area contributed by atoms with Gasteiger partial charge in [-0.05, 0) is 25.0 Å². The van der Waals surface area contributed by atoms with E-state index in [0.29, 0.717) is 12.3 Å². The summed E-state index contributed by atoms with van der Waals surface area (Å²) < 4.78 is 0.0789. The molecule has 1 saturated heterocycles. The van der Waals surface area contributed by atoms with Crippen molar-refractivity contribution in [3.8, 4) is 0 Å². The summed E-state index contributed by atoms with van der Waals surface area (Å²) in [4.78, 5) is 26.6. The number of hydrogen-bond acceptors (Lipinski definition) is 3. The van der Waals surface area contributed by atoms with Crippen molar-refractivity contribution in [2.75, 3.05) is 24.2 Å². The Balaban J connectivity index is 1.87. The summed E-state index contributed by atoms with van der Waals surface area (Å²) in [5.74, 6) is 0.517.